The maximum atomic E-state index is 12.9. The summed E-state index contributed by atoms with van der Waals surface area (Å²) >= 11 is 9.47. The molecule has 0 spiro atoms. The zero-order chi connectivity index (χ0) is 23.7. The van der Waals surface area contributed by atoms with Gasteiger partial charge in [0.15, 0.2) is 5.75 Å². The lowest BCUT2D eigenvalue weighted by molar-refractivity contribution is -0.120. The van der Waals surface area contributed by atoms with Gasteiger partial charge in [-0.3, -0.25) is 9.59 Å². The van der Waals surface area contributed by atoms with Crippen LogP contribution < -0.4 is 20.7 Å². The van der Waals surface area contributed by atoms with Crippen molar-refractivity contribution < 1.29 is 19.1 Å². The Bertz CT molecular complexity index is 1300. The Kier molecular flexibility index (Phi) is 6.22. The Morgan fingerprint density at radius 3 is 2.30 bits per heavy atom. The summed E-state index contributed by atoms with van der Waals surface area (Å²) in [6.07, 6.45) is 0. The minimum absolute atomic E-state index is 0.0488. The fraction of sp³-hybridized carbons (Fsp3) is 0.0417. The zero-order valence-corrected chi connectivity index (χ0v) is 19.6. The third kappa shape index (κ3) is 4.62. The number of benzene rings is 3. The molecule has 0 aromatic heterocycles. The predicted molar refractivity (Wildman–Crippen MR) is 130 cm³/mol. The van der Waals surface area contributed by atoms with Crippen LogP contribution in [0, 0.1) is 6.92 Å². The van der Waals surface area contributed by atoms with Crippen LogP contribution in [0.15, 0.2) is 81.9 Å². The highest BCUT2D eigenvalue weighted by atomic mass is 79.9. The number of hydrogen-bond donors (Lipinski definition) is 2. The van der Waals surface area contributed by atoms with Crippen molar-refractivity contribution in [2.75, 3.05) is 16.0 Å². The topological polar surface area (TPSA) is 102 Å². The van der Waals surface area contributed by atoms with Crippen LogP contribution in [-0.2, 0) is 9.59 Å². The molecule has 9 heteroatoms. The Hall–Kier alpha value is -3.62. The van der Waals surface area contributed by atoms with Gasteiger partial charge in [-0.15, -0.1) is 0 Å². The van der Waals surface area contributed by atoms with Crippen molar-refractivity contribution >= 4 is 62.4 Å². The molecule has 166 valence electrons. The molecule has 2 amide bonds. The Morgan fingerprint density at radius 1 is 1.00 bits per heavy atom. The summed E-state index contributed by atoms with van der Waals surface area (Å²) < 4.78 is 6.17. The Labute approximate surface area is 202 Å². The van der Waals surface area contributed by atoms with Gasteiger partial charge in [-0.1, -0.05) is 33.6 Å². The molecule has 0 saturated heterocycles. The van der Waals surface area contributed by atoms with E-state index in [4.69, 9.17) is 22.1 Å². The number of ether oxygens (including phenoxy) is 1. The number of nitrogen functional groups attached to an aromatic ring is 1. The number of nitrogens with two attached hydrogens (primary N) is 1. The molecular weight excluding hydrogens is 510 g/mol. The Morgan fingerprint density at radius 2 is 1.67 bits per heavy atom. The van der Waals surface area contributed by atoms with Crippen molar-refractivity contribution in [2.45, 2.75) is 6.92 Å². The van der Waals surface area contributed by atoms with Crippen molar-refractivity contribution in [1.29, 1.82) is 0 Å². The fourth-order valence-electron chi connectivity index (χ4n) is 3.19. The quantitative estimate of drug-likeness (QED) is 0.210. The highest BCUT2D eigenvalue weighted by molar-refractivity contribution is 9.10. The number of halogens is 2. The first-order chi connectivity index (χ1) is 15.7. The van der Waals surface area contributed by atoms with E-state index in [9.17, 15) is 14.4 Å². The van der Waals surface area contributed by atoms with E-state index >= 15 is 0 Å². The molecular formula is C24H17BrClN3O4. The molecule has 4 rings (SSSR count). The van der Waals surface area contributed by atoms with E-state index in [0.29, 0.717) is 17.1 Å². The van der Waals surface area contributed by atoms with Crippen LogP contribution in [-0.4, -0.2) is 17.8 Å². The number of rotatable bonds is 5. The summed E-state index contributed by atoms with van der Waals surface area (Å²) in [5.41, 5.74) is 8.31. The first kappa shape index (κ1) is 22.6. The number of esters is 1. The standard InChI is InChI=1S/C24H17BrClN3O4/c1-13-2-11-19(18(27)12-13)33-24(32)14-3-7-16(8-4-14)28-21-20(26)22(30)29(23(21)31)17-9-5-15(25)6-10-17/h2-12,28H,27H2,1H3. The summed E-state index contributed by atoms with van der Waals surface area (Å²) in [6, 6.07) is 18.0. The van der Waals surface area contributed by atoms with Gasteiger partial charge in [-0.05, 0) is 73.2 Å². The fourth-order valence-corrected chi connectivity index (χ4v) is 3.67. The molecule has 3 N–H and O–H groups in total. The zero-order valence-electron chi connectivity index (χ0n) is 17.3. The van der Waals surface area contributed by atoms with E-state index < -0.39 is 17.8 Å². The molecule has 3 aromatic rings. The number of hydrogen-bond acceptors (Lipinski definition) is 6. The molecule has 3 aromatic carbocycles. The molecule has 0 radical (unpaired) electrons. The van der Waals surface area contributed by atoms with Crippen molar-refractivity contribution in [1.82, 2.24) is 0 Å². The van der Waals surface area contributed by atoms with Crippen molar-refractivity contribution in [3.05, 3.63) is 93.1 Å². The first-order valence-corrected chi connectivity index (χ1v) is 10.9. The largest absolute Gasteiger partial charge is 0.421 e. The lowest BCUT2D eigenvalue weighted by Crippen LogP contribution is -2.32. The SMILES string of the molecule is Cc1ccc(OC(=O)c2ccc(NC3=C(Cl)C(=O)N(c4ccc(Br)cc4)C3=O)cc2)c(N)c1. The van der Waals surface area contributed by atoms with Gasteiger partial charge < -0.3 is 15.8 Å². The summed E-state index contributed by atoms with van der Waals surface area (Å²) in [4.78, 5) is 38.8. The van der Waals surface area contributed by atoms with Gasteiger partial charge in [-0.2, -0.15) is 0 Å². The molecule has 1 heterocycles. The molecule has 33 heavy (non-hydrogen) atoms. The van der Waals surface area contributed by atoms with Crippen LogP contribution in [0.3, 0.4) is 0 Å². The maximum Gasteiger partial charge on any atom is 0.343 e. The van der Waals surface area contributed by atoms with Gasteiger partial charge in [0, 0.05) is 10.2 Å². The summed E-state index contributed by atoms with van der Waals surface area (Å²) in [6.45, 7) is 1.89. The van der Waals surface area contributed by atoms with Gasteiger partial charge in [0.05, 0.1) is 16.9 Å². The number of anilines is 3. The minimum Gasteiger partial charge on any atom is -0.421 e. The van der Waals surface area contributed by atoms with Gasteiger partial charge >= 0.3 is 5.97 Å². The van der Waals surface area contributed by atoms with Crippen LogP contribution >= 0.6 is 27.5 Å². The maximum absolute atomic E-state index is 12.9. The molecule has 0 unspecified atom stereocenters. The van der Waals surface area contributed by atoms with E-state index in [-0.39, 0.29) is 22.0 Å². The van der Waals surface area contributed by atoms with Crippen molar-refractivity contribution in [2.24, 2.45) is 0 Å². The van der Waals surface area contributed by atoms with Crippen LogP contribution in [0.5, 0.6) is 5.75 Å². The third-order valence-corrected chi connectivity index (χ3v) is 5.75. The number of aryl methyl sites for hydroxylation is 1. The highest BCUT2D eigenvalue weighted by Crippen LogP contribution is 2.31. The molecule has 0 fully saturated rings. The van der Waals surface area contributed by atoms with Gasteiger partial charge in [0.2, 0.25) is 0 Å². The summed E-state index contributed by atoms with van der Waals surface area (Å²) in [5, 5.41) is 2.65. The smallest absolute Gasteiger partial charge is 0.343 e. The number of nitrogens with zero attached hydrogens (tertiary/aromatic N) is 1. The summed E-state index contributed by atoms with van der Waals surface area (Å²) in [5.74, 6) is -1.51. The minimum atomic E-state index is -0.623. The molecule has 0 aliphatic carbocycles. The van der Waals surface area contributed by atoms with E-state index in [0.717, 1.165) is 14.9 Å². The van der Waals surface area contributed by atoms with Gasteiger partial charge in [0.1, 0.15) is 10.7 Å². The average molecular weight is 527 g/mol. The average Bonchev–Trinajstić information content (AvgIpc) is 3.00. The molecule has 0 bridgehead atoms. The number of carbonyl (C=O) groups excluding carboxylic acids is 3. The predicted octanol–water partition coefficient (Wildman–Crippen LogP) is 4.99. The van der Waals surface area contributed by atoms with Crippen LogP contribution in [0.1, 0.15) is 15.9 Å². The molecule has 1 aliphatic rings. The van der Waals surface area contributed by atoms with E-state index in [1.165, 1.54) is 12.1 Å². The van der Waals surface area contributed by atoms with Crippen LogP contribution in [0.4, 0.5) is 17.1 Å². The number of carbonyl (C=O) groups is 3. The molecule has 0 atom stereocenters. The second kappa shape index (κ2) is 9.09. The van der Waals surface area contributed by atoms with E-state index in [1.807, 2.05) is 6.92 Å². The molecule has 7 nitrogen and oxygen atoms in total. The lowest BCUT2D eigenvalue weighted by atomic mass is 10.2. The van der Waals surface area contributed by atoms with E-state index in [1.54, 1.807) is 54.6 Å². The monoisotopic (exact) mass is 525 g/mol. The number of imide groups is 1. The van der Waals surface area contributed by atoms with Crippen molar-refractivity contribution in [3.8, 4) is 5.75 Å². The Balaban J connectivity index is 1.48. The van der Waals surface area contributed by atoms with Crippen LogP contribution in [0.25, 0.3) is 0 Å². The first-order valence-electron chi connectivity index (χ1n) is 9.74. The second-order valence-corrected chi connectivity index (χ2v) is 8.54. The highest BCUT2D eigenvalue weighted by Gasteiger charge is 2.38. The summed E-state index contributed by atoms with van der Waals surface area (Å²) in [7, 11) is 0. The van der Waals surface area contributed by atoms with Gasteiger partial charge in [0.25, 0.3) is 11.8 Å². The molecule has 1 aliphatic heterocycles. The van der Waals surface area contributed by atoms with Crippen LogP contribution in [0.2, 0.25) is 0 Å². The number of amides is 2. The lowest BCUT2D eigenvalue weighted by Gasteiger charge is -2.15. The van der Waals surface area contributed by atoms with E-state index in [2.05, 4.69) is 21.2 Å². The number of nitrogens with one attached hydrogen (secondary N) is 1. The van der Waals surface area contributed by atoms with Crippen molar-refractivity contribution in [3.63, 3.8) is 0 Å². The second-order valence-electron chi connectivity index (χ2n) is 7.24. The normalized spacial score (nSPS) is 13.5. The molecule has 0 saturated carbocycles. The third-order valence-electron chi connectivity index (χ3n) is 4.87. The van der Waals surface area contributed by atoms with Gasteiger partial charge in [-0.25, -0.2) is 9.69 Å².